The third kappa shape index (κ3) is 5.76. The number of nitrogens with one attached hydrogen (secondary N) is 1. The van der Waals surface area contributed by atoms with Crippen molar-refractivity contribution in [1.82, 2.24) is 19.4 Å². The van der Waals surface area contributed by atoms with Gasteiger partial charge in [0.2, 0.25) is 11.8 Å². The number of anilines is 1. The van der Waals surface area contributed by atoms with Crippen molar-refractivity contribution >= 4 is 39.4 Å². The molecule has 2 aromatic rings. The zero-order chi connectivity index (χ0) is 26.1. The largest absolute Gasteiger partial charge is 0.371 e. The number of hydrogen-bond acceptors (Lipinski definition) is 6. The van der Waals surface area contributed by atoms with Gasteiger partial charge in [-0.3, -0.25) is 19.6 Å². The van der Waals surface area contributed by atoms with Gasteiger partial charge in [0.1, 0.15) is 0 Å². The molecule has 1 aromatic carbocycles. The van der Waals surface area contributed by atoms with E-state index in [1.165, 1.54) is 11.3 Å². The van der Waals surface area contributed by atoms with Gasteiger partial charge in [-0.15, -0.1) is 0 Å². The second-order valence-electron chi connectivity index (χ2n) is 11.0. The molecule has 9 nitrogen and oxygen atoms in total. The van der Waals surface area contributed by atoms with Crippen LogP contribution in [0.25, 0.3) is 10.9 Å². The summed E-state index contributed by atoms with van der Waals surface area (Å²) in [7, 11) is 1.05. The number of carbonyl (C=O) groups excluding carboxylic acids is 2. The number of aryl methyl sites for hydroxylation is 2. The topological polar surface area (TPSA) is 114 Å². The van der Waals surface area contributed by atoms with Gasteiger partial charge in [0.15, 0.2) is 0 Å². The van der Waals surface area contributed by atoms with Crippen LogP contribution in [0.3, 0.4) is 0 Å². The predicted molar refractivity (Wildman–Crippen MR) is 147 cm³/mol. The molecule has 0 saturated carbocycles. The van der Waals surface area contributed by atoms with Crippen LogP contribution < -0.4 is 16.0 Å². The lowest BCUT2D eigenvalue weighted by molar-refractivity contribution is -0.134. The lowest BCUT2D eigenvalue weighted by atomic mass is 9.91. The van der Waals surface area contributed by atoms with Crippen molar-refractivity contribution in [2.24, 2.45) is 18.7 Å². The highest BCUT2D eigenvalue weighted by atomic mass is 32.2. The Bertz CT molecular complexity index is 1180. The number of benzene rings is 1. The highest BCUT2D eigenvalue weighted by molar-refractivity contribution is 7.82. The second-order valence-corrected chi connectivity index (χ2v) is 12.6. The van der Waals surface area contributed by atoms with E-state index in [1.807, 2.05) is 11.7 Å². The van der Waals surface area contributed by atoms with Gasteiger partial charge in [-0.2, -0.15) is 5.10 Å². The lowest BCUT2D eigenvalue weighted by Gasteiger charge is -2.35. The van der Waals surface area contributed by atoms with Crippen LogP contribution in [0.1, 0.15) is 68.5 Å². The van der Waals surface area contributed by atoms with Crippen molar-refractivity contribution < 1.29 is 13.8 Å². The SMILES string of the molecule is Cc1cc2c(C3CCC(=O)NC3=O)nn(C)c2cc1N1CCC(CCCS(=O)N2CCC(N)CC2)CC1. The molecule has 2 unspecified atom stereocenters. The van der Waals surface area contributed by atoms with Crippen LogP contribution in [0.5, 0.6) is 0 Å². The average Bonchev–Trinajstić information content (AvgIpc) is 3.19. The van der Waals surface area contributed by atoms with Gasteiger partial charge >= 0.3 is 0 Å². The normalized spacial score (nSPS) is 23.5. The molecule has 1 aromatic heterocycles. The number of rotatable bonds is 7. The second kappa shape index (κ2) is 11.2. The molecule has 37 heavy (non-hydrogen) atoms. The van der Waals surface area contributed by atoms with Gasteiger partial charge < -0.3 is 10.6 Å². The number of aromatic nitrogens is 2. The summed E-state index contributed by atoms with van der Waals surface area (Å²) in [6, 6.07) is 4.64. The van der Waals surface area contributed by atoms with Gasteiger partial charge in [0.25, 0.3) is 0 Å². The fourth-order valence-electron chi connectivity index (χ4n) is 6.15. The molecule has 2 atom stereocenters. The molecule has 2 amide bonds. The van der Waals surface area contributed by atoms with E-state index in [0.717, 1.165) is 87.1 Å². The van der Waals surface area contributed by atoms with Crippen LogP contribution in [0, 0.1) is 12.8 Å². The summed E-state index contributed by atoms with van der Waals surface area (Å²) in [5.74, 6) is 0.612. The first-order valence-electron chi connectivity index (χ1n) is 13.7. The third-order valence-electron chi connectivity index (χ3n) is 8.44. The Morgan fingerprint density at radius 2 is 1.81 bits per heavy atom. The molecule has 10 heteroatoms. The first kappa shape index (κ1) is 26.3. The summed E-state index contributed by atoms with van der Waals surface area (Å²) in [6.07, 6.45) is 7.21. The van der Waals surface area contributed by atoms with Crippen LogP contribution >= 0.6 is 0 Å². The van der Waals surface area contributed by atoms with E-state index < -0.39 is 11.0 Å². The molecule has 3 fully saturated rings. The molecule has 5 rings (SSSR count). The van der Waals surface area contributed by atoms with Crippen LogP contribution in [0.2, 0.25) is 0 Å². The van der Waals surface area contributed by atoms with E-state index in [0.29, 0.717) is 18.8 Å². The Labute approximate surface area is 221 Å². The number of fused-ring (bicyclic) bond motifs is 1. The predicted octanol–water partition coefficient (Wildman–Crippen LogP) is 2.49. The molecular weight excluding hydrogens is 488 g/mol. The Hall–Kier alpha value is -2.30. The maximum atomic E-state index is 12.6. The van der Waals surface area contributed by atoms with Gasteiger partial charge in [0, 0.05) is 62.5 Å². The smallest absolute Gasteiger partial charge is 0.235 e. The van der Waals surface area contributed by atoms with E-state index in [4.69, 9.17) is 10.8 Å². The van der Waals surface area contributed by atoms with Crippen molar-refractivity contribution in [2.45, 2.75) is 70.3 Å². The average molecular weight is 529 g/mol. The van der Waals surface area contributed by atoms with E-state index >= 15 is 0 Å². The molecule has 0 spiro atoms. The van der Waals surface area contributed by atoms with Gasteiger partial charge in [0.05, 0.1) is 28.1 Å². The third-order valence-corrected chi connectivity index (χ3v) is 10.0. The zero-order valence-electron chi connectivity index (χ0n) is 22.1. The van der Waals surface area contributed by atoms with Crippen LogP contribution in [-0.4, -0.2) is 68.1 Å². The van der Waals surface area contributed by atoms with E-state index in [9.17, 15) is 13.8 Å². The Morgan fingerprint density at radius 1 is 1.08 bits per heavy atom. The maximum absolute atomic E-state index is 12.6. The number of piperidine rings is 3. The van der Waals surface area contributed by atoms with Gasteiger partial charge in [-0.25, -0.2) is 8.51 Å². The summed E-state index contributed by atoms with van der Waals surface area (Å²) in [5, 5.41) is 8.17. The maximum Gasteiger partial charge on any atom is 0.235 e. The highest BCUT2D eigenvalue weighted by Gasteiger charge is 2.32. The molecule has 3 aliphatic heterocycles. The summed E-state index contributed by atoms with van der Waals surface area (Å²) in [6.45, 7) is 5.89. The molecule has 0 radical (unpaired) electrons. The summed E-state index contributed by atoms with van der Waals surface area (Å²) < 4.78 is 16.6. The molecular formula is C27H40N6O3S. The highest BCUT2D eigenvalue weighted by Crippen LogP contribution is 2.35. The Kier molecular flexibility index (Phi) is 7.97. The number of amides is 2. The van der Waals surface area contributed by atoms with Gasteiger partial charge in [-0.1, -0.05) is 0 Å². The van der Waals surface area contributed by atoms with Crippen molar-refractivity contribution in [1.29, 1.82) is 0 Å². The fourth-order valence-corrected chi connectivity index (χ4v) is 7.44. The van der Waals surface area contributed by atoms with E-state index in [2.05, 4.69) is 33.6 Å². The minimum absolute atomic E-state index is 0.205. The van der Waals surface area contributed by atoms with Crippen LogP contribution in [0.4, 0.5) is 5.69 Å². The molecule has 3 saturated heterocycles. The minimum atomic E-state index is -0.868. The summed E-state index contributed by atoms with van der Waals surface area (Å²) in [4.78, 5) is 26.5. The molecule has 3 N–H and O–H groups in total. The monoisotopic (exact) mass is 528 g/mol. The standard InChI is InChI=1S/C27H40N6O3S/c1-18-16-22-24(31(2)30-26(22)21-5-6-25(34)29-27(21)35)17-23(18)32-11-7-19(8-12-32)4-3-15-37(36)33-13-9-20(28)10-14-33/h16-17,19-21H,3-15,28H2,1-2H3,(H,29,34,35). The van der Waals surface area contributed by atoms with Crippen molar-refractivity contribution in [2.75, 3.05) is 36.8 Å². The number of hydrogen-bond donors (Lipinski definition) is 2. The van der Waals surface area contributed by atoms with Crippen molar-refractivity contribution in [3.63, 3.8) is 0 Å². The summed E-state index contributed by atoms with van der Waals surface area (Å²) in [5.41, 5.74) is 10.2. The van der Waals surface area contributed by atoms with Crippen molar-refractivity contribution in [3.05, 3.63) is 23.4 Å². The Balaban J connectivity index is 1.18. The first-order chi connectivity index (χ1) is 17.8. The number of nitrogens with two attached hydrogens (primary N) is 1. The molecule has 0 aliphatic carbocycles. The van der Waals surface area contributed by atoms with Gasteiger partial charge in [-0.05, 0) is 75.5 Å². The number of imide groups is 1. The molecule has 0 bridgehead atoms. The minimum Gasteiger partial charge on any atom is -0.371 e. The fraction of sp³-hybridized carbons (Fsp3) is 0.667. The molecule has 4 heterocycles. The molecule has 202 valence electrons. The first-order valence-corrected chi connectivity index (χ1v) is 15.0. The lowest BCUT2D eigenvalue weighted by Crippen LogP contribution is -2.41. The summed E-state index contributed by atoms with van der Waals surface area (Å²) >= 11 is 0. The van der Waals surface area contributed by atoms with Crippen molar-refractivity contribution in [3.8, 4) is 0 Å². The molecule has 3 aliphatic rings. The van der Waals surface area contributed by atoms with Crippen LogP contribution in [0.15, 0.2) is 12.1 Å². The zero-order valence-corrected chi connectivity index (χ0v) is 22.9. The van der Waals surface area contributed by atoms with E-state index in [-0.39, 0.29) is 23.8 Å². The van der Waals surface area contributed by atoms with E-state index in [1.54, 1.807) is 0 Å². The van der Waals surface area contributed by atoms with Crippen LogP contribution in [-0.2, 0) is 27.6 Å². The quantitative estimate of drug-likeness (QED) is 0.534. The number of carbonyl (C=O) groups is 2. The number of nitrogens with zero attached hydrogens (tertiary/aromatic N) is 4. The Morgan fingerprint density at radius 3 is 2.51 bits per heavy atom.